The van der Waals surface area contributed by atoms with Gasteiger partial charge in [0.15, 0.2) is 0 Å². The summed E-state index contributed by atoms with van der Waals surface area (Å²) in [6, 6.07) is 19.1. The largest absolute Gasteiger partial charge is 0.423 e. The molecular weight excluding hydrogens is 236 g/mol. The van der Waals surface area contributed by atoms with Crippen molar-refractivity contribution in [3.8, 4) is 5.75 Å². The van der Waals surface area contributed by atoms with Crippen LogP contribution in [-0.4, -0.2) is 5.97 Å². The predicted molar refractivity (Wildman–Crippen MR) is 74.6 cm³/mol. The van der Waals surface area contributed by atoms with E-state index in [1.807, 2.05) is 55.5 Å². The van der Waals surface area contributed by atoms with Gasteiger partial charge in [0, 0.05) is 11.5 Å². The Morgan fingerprint density at radius 3 is 2.16 bits per heavy atom. The Morgan fingerprint density at radius 1 is 0.947 bits per heavy atom. The van der Waals surface area contributed by atoms with Crippen molar-refractivity contribution in [1.29, 1.82) is 0 Å². The van der Waals surface area contributed by atoms with E-state index < -0.39 is 0 Å². The van der Waals surface area contributed by atoms with Crippen LogP contribution in [0, 0.1) is 5.92 Å². The molecule has 0 aliphatic heterocycles. The van der Waals surface area contributed by atoms with Crippen molar-refractivity contribution in [3.05, 3.63) is 71.8 Å². The minimum Gasteiger partial charge on any atom is -0.423 e. The lowest BCUT2D eigenvalue weighted by molar-refractivity contribution is -0.129. The standard InChI is InChI=1S/C17H14O2/c1-12-15(13-8-4-2-5-9-13)16(12)17(18)19-14-10-6-3-7-11-14/h2-12H,1H3. The molecule has 1 unspecified atom stereocenters. The highest BCUT2D eigenvalue weighted by molar-refractivity contribution is 6.10. The summed E-state index contributed by atoms with van der Waals surface area (Å²) in [6.45, 7) is 2.03. The van der Waals surface area contributed by atoms with Gasteiger partial charge in [0.05, 0.1) is 0 Å². The van der Waals surface area contributed by atoms with Crippen LogP contribution in [0.2, 0.25) is 0 Å². The van der Waals surface area contributed by atoms with Crippen LogP contribution in [0.4, 0.5) is 0 Å². The van der Waals surface area contributed by atoms with Crippen LogP contribution in [0.3, 0.4) is 0 Å². The summed E-state index contributed by atoms with van der Waals surface area (Å²) in [5, 5.41) is 0. The fraction of sp³-hybridized carbons (Fsp3) is 0.118. The number of allylic oxidation sites excluding steroid dienone is 1. The summed E-state index contributed by atoms with van der Waals surface area (Å²) in [4.78, 5) is 12.1. The zero-order valence-corrected chi connectivity index (χ0v) is 10.7. The number of esters is 1. The highest BCUT2D eigenvalue weighted by atomic mass is 16.5. The number of rotatable bonds is 3. The van der Waals surface area contributed by atoms with Gasteiger partial charge in [-0.2, -0.15) is 0 Å². The fourth-order valence-corrected chi connectivity index (χ4v) is 2.30. The van der Waals surface area contributed by atoms with Gasteiger partial charge in [0.2, 0.25) is 0 Å². The maximum Gasteiger partial charge on any atom is 0.340 e. The van der Waals surface area contributed by atoms with Crippen molar-refractivity contribution in [2.75, 3.05) is 0 Å². The molecule has 2 aromatic carbocycles. The van der Waals surface area contributed by atoms with E-state index in [0.717, 1.165) is 16.7 Å². The average molecular weight is 250 g/mol. The van der Waals surface area contributed by atoms with Crippen LogP contribution in [0.5, 0.6) is 5.75 Å². The Kier molecular flexibility index (Phi) is 2.92. The van der Waals surface area contributed by atoms with E-state index in [-0.39, 0.29) is 11.9 Å². The first-order chi connectivity index (χ1) is 9.27. The Morgan fingerprint density at radius 2 is 1.53 bits per heavy atom. The first-order valence-electron chi connectivity index (χ1n) is 6.34. The number of benzene rings is 2. The zero-order valence-electron chi connectivity index (χ0n) is 10.7. The number of ether oxygens (including phenoxy) is 1. The summed E-state index contributed by atoms with van der Waals surface area (Å²) < 4.78 is 5.36. The van der Waals surface area contributed by atoms with Crippen molar-refractivity contribution in [1.82, 2.24) is 0 Å². The second-order valence-electron chi connectivity index (χ2n) is 4.62. The van der Waals surface area contributed by atoms with E-state index in [4.69, 9.17) is 4.74 Å². The molecule has 0 saturated carbocycles. The van der Waals surface area contributed by atoms with Crippen molar-refractivity contribution >= 4 is 11.5 Å². The molecule has 3 rings (SSSR count). The van der Waals surface area contributed by atoms with E-state index in [9.17, 15) is 4.79 Å². The van der Waals surface area contributed by atoms with Gasteiger partial charge in [0.1, 0.15) is 5.75 Å². The van der Waals surface area contributed by atoms with Gasteiger partial charge < -0.3 is 4.74 Å². The van der Waals surface area contributed by atoms with E-state index in [2.05, 4.69) is 0 Å². The quantitative estimate of drug-likeness (QED) is 0.613. The maximum absolute atomic E-state index is 12.1. The highest BCUT2D eigenvalue weighted by Gasteiger charge is 2.39. The molecule has 2 aromatic rings. The highest BCUT2D eigenvalue weighted by Crippen LogP contribution is 2.47. The second-order valence-corrected chi connectivity index (χ2v) is 4.62. The molecule has 0 radical (unpaired) electrons. The number of para-hydroxylation sites is 1. The first-order valence-corrected chi connectivity index (χ1v) is 6.34. The summed E-state index contributed by atoms with van der Waals surface area (Å²) in [5.41, 5.74) is 2.99. The van der Waals surface area contributed by atoms with E-state index in [1.54, 1.807) is 12.1 Å². The van der Waals surface area contributed by atoms with Crippen LogP contribution in [0.25, 0.3) is 5.57 Å². The third kappa shape index (κ3) is 2.29. The molecule has 2 heteroatoms. The van der Waals surface area contributed by atoms with Crippen LogP contribution >= 0.6 is 0 Å². The van der Waals surface area contributed by atoms with Crippen molar-refractivity contribution in [2.24, 2.45) is 5.92 Å². The molecule has 0 amide bonds. The summed E-state index contributed by atoms with van der Waals surface area (Å²) in [5.74, 6) is 0.544. The van der Waals surface area contributed by atoms with Crippen LogP contribution in [-0.2, 0) is 4.79 Å². The van der Waals surface area contributed by atoms with E-state index >= 15 is 0 Å². The monoisotopic (exact) mass is 250 g/mol. The molecule has 0 N–H and O–H groups in total. The fourth-order valence-electron chi connectivity index (χ4n) is 2.30. The second kappa shape index (κ2) is 4.73. The third-order valence-electron chi connectivity index (χ3n) is 3.33. The number of carbonyl (C=O) groups is 1. The molecule has 0 spiro atoms. The predicted octanol–water partition coefficient (Wildman–Crippen LogP) is 3.70. The molecule has 0 fully saturated rings. The topological polar surface area (TPSA) is 26.3 Å². The number of carbonyl (C=O) groups excluding carboxylic acids is 1. The number of hydrogen-bond acceptors (Lipinski definition) is 2. The molecule has 0 saturated heterocycles. The molecule has 1 atom stereocenters. The Hall–Kier alpha value is -2.35. The lowest BCUT2D eigenvalue weighted by atomic mass is 10.1. The molecule has 0 aromatic heterocycles. The molecule has 0 heterocycles. The third-order valence-corrected chi connectivity index (χ3v) is 3.33. The van der Waals surface area contributed by atoms with E-state index in [1.165, 1.54) is 0 Å². The smallest absolute Gasteiger partial charge is 0.340 e. The van der Waals surface area contributed by atoms with Gasteiger partial charge in [-0.05, 0) is 23.3 Å². The molecule has 2 nitrogen and oxygen atoms in total. The summed E-state index contributed by atoms with van der Waals surface area (Å²) >= 11 is 0. The molecular formula is C17H14O2. The summed E-state index contributed by atoms with van der Waals surface area (Å²) in [7, 11) is 0. The molecule has 19 heavy (non-hydrogen) atoms. The number of hydrogen-bond donors (Lipinski definition) is 0. The molecule has 1 aliphatic carbocycles. The van der Waals surface area contributed by atoms with Crippen LogP contribution < -0.4 is 4.74 Å². The van der Waals surface area contributed by atoms with E-state index in [0.29, 0.717) is 5.75 Å². The maximum atomic E-state index is 12.1. The van der Waals surface area contributed by atoms with Crippen molar-refractivity contribution in [3.63, 3.8) is 0 Å². The average Bonchev–Trinajstić information content (AvgIpc) is 3.12. The SMILES string of the molecule is CC1C(C(=O)Oc2ccccc2)=C1c1ccccc1. The van der Waals surface area contributed by atoms with Crippen LogP contribution in [0.15, 0.2) is 66.2 Å². The summed E-state index contributed by atoms with van der Waals surface area (Å²) in [6.07, 6.45) is 0. The lowest BCUT2D eigenvalue weighted by Crippen LogP contribution is -2.06. The van der Waals surface area contributed by atoms with Gasteiger partial charge in [-0.3, -0.25) is 0 Å². The van der Waals surface area contributed by atoms with Crippen molar-refractivity contribution < 1.29 is 9.53 Å². The lowest BCUT2D eigenvalue weighted by Gasteiger charge is -2.00. The Bertz CT molecular complexity index is 627. The van der Waals surface area contributed by atoms with Crippen LogP contribution in [0.1, 0.15) is 12.5 Å². The van der Waals surface area contributed by atoms with Crippen molar-refractivity contribution in [2.45, 2.75) is 6.92 Å². The van der Waals surface area contributed by atoms with Gasteiger partial charge >= 0.3 is 5.97 Å². The van der Waals surface area contributed by atoms with Gasteiger partial charge in [-0.15, -0.1) is 0 Å². The Labute approximate surface area is 112 Å². The first kappa shape index (κ1) is 11.7. The zero-order chi connectivity index (χ0) is 13.2. The normalized spacial score (nSPS) is 17.2. The molecule has 94 valence electrons. The Balaban J connectivity index is 1.80. The minimum atomic E-state index is -0.238. The minimum absolute atomic E-state index is 0.193. The van der Waals surface area contributed by atoms with Gasteiger partial charge in [-0.25, -0.2) is 4.79 Å². The van der Waals surface area contributed by atoms with Gasteiger partial charge in [-0.1, -0.05) is 55.5 Å². The molecule has 1 aliphatic rings. The molecule has 0 bridgehead atoms. The van der Waals surface area contributed by atoms with Gasteiger partial charge in [0.25, 0.3) is 0 Å².